The summed E-state index contributed by atoms with van der Waals surface area (Å²) < 4.78 is 16.7. The molecule has 1 aliphatic rings. The molecule has 9 heteroatoms. The minimum atomic E-state index is -0.631. The van der Waals surface area contributed by atoms with Crippen LogP contribution in [0.5, 0.6) is 11.5 Å². The molecule has 0 fully saturated rings. The summed E-state index contributed by atoms with van der Waals surface area (Å²) in [6, 6.07) is 7.79. The van der Waals surface area contributed by atoms with Crippen molar-refractivity contribution < 1.29 is 23.9 Å². The number of halogens is 1. The fraction of sp³-hybridized carbons (Fsp3) is 0.304. The largest absolute Gasteiger partial charge is 0.490 e. The number of cyclic esters (lactones) is 1. The van der Waals surface area contributed by atoms with E-state index in [-0.39, 0.29) is 17.3 Å². The second kappa shape index (κ2) is 10.3. The molecule has 3 rings (SSSR count). The van der Waals surface area contributed by atoms with E-state index in [1.807, 2.05) is 6.92 Å². The third-order valence-corrected chi connectivity index (χ3v) is 4.92. The van der Waals surface area contributed by atoms with E-state index < -0.39 is 10.9 Å². The van der Waals surface area contributed by atoms with Gasteiger partial charge in [0.05, 0.1) is 23.2 Å². The van der Waals surface area contributed by atoms with E-state index in [0.29, 0.717) is 46.4 Å². The van der Waals surface area contributed by atoms with Crippen molar-refractivity contribution >= 4 is 35.2 Å². The number of nitro groups is 1. The minimum Gasteiger partial charge on any atom is -0.490 e. The molecule has 0 saturated heterocycles. The van der Waals surface area contributed by atoms with Crippen LogP contribution >= 0.6 is 11.6 Å². The molecular weight excluding hydrogens is 436 g/mol. The Morgan fingerprint density at radius 3 is 2.66 bits per heavy atom. The molecule has 1 heterocycles. The number of carbonyl (C=O) groups is 1. The molecular formula is C23H23ClN2O6. The van der Waals surface area contributed by atoms with Crippen molar-refractivity contribution in [2.24, 2.45) is 4.99 Å². The van der Waals surface area contributed by atoms with Gasteiger partial charge in [-0.2, -0.15) is 0 Å². The highest BCUT2D eigenvalue weighted by atomic mass is 35.5. The molecule has 2 aromatic carbocycles. The molecule has 0 radical (unpaired) electrons. The zero-order valence-electron chi connectivity index (χ0n) is 18.0. The van der Waals surface area contributed by atoms with Gasteiger partial charge in [-0.1, -0.05) is 24.9 Å². The predicted octanol–water partition coefficient (Wildman–Crippen LogP) is 5.48. The number of carbonyl (C=O) groups excluding carboxylic acids is 1. The number of aryl methyl sites for hydroxylation is 1. The second-order valence-corrected chi connectivity index (χ2v) is 7.47. The van der Waals surface area contributed by atoms with Crippen molar-refractivity contribution in [3.63, 3.8) is 0 Å². The van der Waals surface area contributed by atoms with Gasteiger partial charge in [0.2, 0.25) is 5.90 Å². The Morgan fingerprint density at radius 1 is 1.22 bits per heavy atom. The second-order valence-electron chi connectivity index (χ2n) is 7.06. The van der Waals surface area contributed by atoms with Gasteiger partial charge in [-0.3, -0.25) is 10.1 Å². The standard InChI is InChI=1S/C23H23ClN2O6/c1-4-6-9-31-21-17(24)11-15(13-20(21)30-5-2)12-18-23(27)32-22(25-18)16-7-8-19(26(28)29)14(3)10-16/h7-8,10-13H,4-6,9H2,1-3H3/b18-12-. The number of esters is 1. The van der Waals surface area contributed by atoms with Crippen molar-refractivity contribution in [1.82, 2.24) is 0 Å². The lowest BCUT2D eigenvalue weighted by atomic mass is 10.1. The van der Waals surface area contributed by atoms with Crippen molar-refractivity contribution in [2.45, 2.75) is 33.6 Å². The molecule has 0 N–H and O–H groups in total. The van der Waals surface area contributed by atoms with Gasteiger partial charge in [0.15, 0.2) is 17.2 Å². The highest BCUT2D eigenvalue weighted by Gasteiger charge is 2.25. The highest BCUT2D eigenvalue weighted by Crippen LogP contribution is 2.38. The normalized spacial score (nSPS) is 14.3. The average molecular weight is 459 g/mol. The lowest BCUT2D eigenvalue weighted by Crippen LogP contribution is -2.06. The Bertz CT molecular complexity index is 1110. The third-order valence-electron chi connectivity index (χ3n) is 4.64. The van der Waals surface area contributed by atoms with Crippen LogP contribution in [-0.2, 0) is 9.53 Å². The van der Waals surface area contributed by atoms with Gasteiger partial charge >= 0.3 is 5.97 Å². The predicted molar refractivity (Wildman–Crippen MR) is 121 cm³/mol. The Labute approximate surface area is 190 Å². The molecule has 0 bridgehead atoms. The van der Waals surface area contributed by atoms with Gasteiger partial charge in [-0.25, -0.2) is 9.79 Å². The number of benzene rings is 2. The molecule has 32 heavy (non-hydrogen) atoms. The molecule has 2 aromatic rings. The zero-order chi connectivity index (χ0) is 23.3. The summed E-state index contributed by atoms with van der Waals surface area (Å²) in [7, 11) is 0. The van der Waals surface area contributed by atoms with Crippen LogP contribution in [0.1, 0.15) is 43.4 Å². The minimum absolute atomic E-state index is 0.0196. The molecule has 0 atom stereocenters. The zero-order valence-corrected chi connectivity index (χ0v) is 18.8. The lowest BCUT2D eigenvalue weighted by molar-refractivity contribution is -0.385. The summed E-state index contributed by atoms with van der Waals surface area (Å²) in [5.74, 6) is 0.386. The van der Waals surface area contributed by atoms with Gasteiger partial charge in [-0.05, 0) is 56.2 Å². The van der Waals surface area contributed by atoms with Crippen molar-refractivity contribution in [1.29, 1.82) is 0 Å². The number of rotatable bonds is 9. The molecule has 0 saturated carbocycles. The van der Waals surface area contributed by atoms with E-state index in [0.717, 1.165) is 12.8 Å². The van der Waals surface area contributed by atoms with Gasteiger partial charge < -0.3 is 14.2 Å². The molecule has 0 aliphatic carbocycles. The monoisotopic (exact) mass is 458 g/mol. The Kier molecular flexibility index (Phi) is 7.48. The molecule has 8 nitrogen and oxygen atoms in total. The van der Waals surface area contributed by atoms with E-state index in [9.17, 15) is 14.9 Å². The van der Waals surface area contributed by atoms with Crippen LogP contribution in [0.2, 0.25) is 5.02 Å². The average Bonchev–Trinajstić information content (AvgIpc) is 3.10. The Morgan fingerprint density at radius 2 is 2.00 bits per heavy atom. The van der Waals surface area contributed by atoms with Gasteiger partial charge in [0, 0.05) is 17.2 Å². The van der Waals surface area contributed by atoms with Crippen LogP contribution in [0, 0.1) is 17.0 Å². The van der Waals surface area contributed by atoms with Crippen LogP contribution in [0.4, 0.5) is 5.69 Å². The molecule has 1 aliphatic heterocycles. The Balaban J connectivity index is 1.92. The SMILES string of the molecule is CCCCOc1c(Cl)cc(/C=C2\N=C(c3ccc([N+](=O)[O-])c(C)c3)OC2=O)cc1OCC. The number of aliphatic imine (C=N–C) groups is 1. The maximum atomic E-state index is 12.4. The summed E-state index contributed by atoms with van der Waals surface area (Å²) >= 11 is 6.41. The van der Waals surface area contributed by atoms with Gasteiger partial charge in [0.25, 0.3) is 5.69 Å². The number of unbranched alkanes of at least 4 members (excludes halogenated alkanes) is 1. The van der Waals surface area contributed by atoms with E-state index in [2.05, 4.69) is 11.9 Å². The fourth-order valence-electron chi connectivity index (χ4n) is 3.08. The van der Waals surface area contributed by atoms with Gasteiger partial charge in [-0.15, -0.1) is 0 Å². The van der Waals surface area contributed by atoms with Crippen molar-refractivity contribution in [3.8, 4) is 11.5 Å². The third kappa shape index (κ3) is 5.26. The number of ether oxygens (including phenoxy) is 3. The van der Waals surface area contributed by atoms with E-state index in [4.69, 9.17) is 25.8 Å². The molecule has 0 amide bonds. The summed E-state index contributed by atoms with van der Waals surface area (Å²) in [5.41, 5.74) is 1.56. The molecule has 0 aromatic heterocycles. The van der Waals surface area contributed by atoms with E-state index >= 15 is 0 Å². The molecule has 168 valence electrons. The number of hydrogen-bond acceptors (Lipinski definition) is 7. The van der Waals surface area contributed by atoms with E-state index in [1.54, 1.807) is 25.1 Å². The van der Waals surface area contributed by atoms with Crippen LogP contribution < -0.4 is 9.47 Å². The smallest absolute Gasteiger partial charge is 0.363 e. The Hall–Kier alpha value is -3.39. The van der Waals surface area contributed by atoms with Crippen molar-refractivity contribution in [3.05, 3.63) is 67.9 Å². The summed E-state index contributed by atoms with van der Waals surface area (Å²) in [6.45, 7) is 6.47. The summed E-state index contributed by atoms with van der Waals surface area (Å²) in [6.07, 6.45) is 3.42. The van der Waals surface area contributed by atoms with Crippen molar-refractivity contribution in [2.75, 3.05) is 13.2 Å². The summed E-state index contributed by atoms with van der Waals surface area (Å²) in [5, 5.41) is 11.4. The topological polar surface area (TPSA) is 100 Å². The lowest BCUT2D eigenvalue weighted by Gasteiger charge is -2.14. The first kappa shape index (κ1) is 23.3. The maximum absolute atomic E-state index is 12.4. The van der Waals surface area contributed by atoms with Crippen LogP contribution in [-0.4, -0.2) is 30.0 Å². The van der Waals surface area contributed by atoms with Crippen LogP contribution in [0.3, 0.4) is 0 Å². The quantitative estimate of drug-likeness (QED) is 0.162. The van der Waals surface area contributed by atoms with Crippen LogP contribution in [0.25, 0.3) is 6.08 Å². The first-order chi connectivity index (χ1) is 15.3. The first-order valence-electron chi connectivity index (χ1n) is 10.2. The number of nitro benzene ring substituents is 1. The van der Waals surface area contributed by atoms with E-state index in [1.165, 1.54) is 18.2 Å². The van der Waals surface area contributed by atoms with Gasteiger partial charge in [0.1, 0.15) is 0 Å². The maximum Gasteiger partial charge on any atom is 0.363 e. The molecule has 0 spiro atoms. The van der Waals surface area contributed by atoms with Crippen LogP contribution in [0.15, 0.2) is 41.0 Å². The molecule has 0 unspecified atom stereocenters. The number of nitrogens with zero attached hydrogens (tertiary/aromatic N) is 2. The highest BCUT2D eigenvalue weighted by molar-refractivity contribution is 6.32. The summed E-state index contributed by atoms with van der Waals surface area (Å²) in [4.78, 5) is 27.2. The first-order valence-corrected chi connectivity index (χ1v) is 10.6. The number of hydrogen-bond donors (Lipinski definition) is 0. The fourth-order valence-corrected chi connectivity index (χ4v) is 3.35.